The van der Waals surface area contributed by atoms with E-state index in [0.29, 0.717) is 29.6 Å². The molecule has 5 nitrogen and oxygen atoms in total. The third-order valence-electron chi connectivity index (χ3n) is 4.96. The third kappa shape index (κ3) is 6.16. The number of benzene rings is 2. The maximum absolute atomic E-state index is 12.6. The van der Waals surface area contributed by atoms with Crippen molar-refractivity contribution in [3.8, 4) is 5.75 Å². The van der Waals surface area contributed by atoms with Crippen molar-refractivity contribution in [2.24, 2.45) is 0 Å². The zero-order valence-corrected chi connectivity index (χ0v) is 17.8. The first-order valence-electron chi connectivity index (χ1n) is 10.3. The molecule has 0 atom stereocenters. The summed E-state index contributed by atoms with van der Waals surface area (Å²) in [5.74, 6) is 0.558. The summed E-state index contributed by atoms with van der Waals surface area (Å²) in [6.07, 6.45) is 3.51. The average molecular weight is 404 g/mol. The third-order valence-corrected chi connectivity index (χ3v) is 4.96. The van der Waals surface area contributed by atoms with Crippen LogP contribution in [0.4, 0.5) is 5.69 Å². The van der Waals surface area contributed by atoms with Crippen LogP contribution in [0, 0.1) is 0 Å². The molecule has 0 spiro atoms. The van der Waals surface area contributed by atoms with E-state index >= 15 is 0 Å². The highest BCUT2D eigenvalue weighted by Crippen LogP contribution is 2.19. The SMILES string of the molecule is CCN(Cc1ccc(C(=O)Nc2cccc(OCc3cccnc3)c2)cc1)C(C)C. The lowest BCUT2D eigenvalue weighted by Gasteiger charge is -2.24. The lowest BCUT2D eigenvalue weighted by atomic mass is 10.1. The Kier molecular flexibility index (Phi) is 7.57. The van der Waals surface area contributed by atoms with Gasteiger partial charge in [-0.1, -0.05) is 31.2 Å². The summed E-state index contributed by atoms with van der Waals surface area (Å²) in [4.78, 5) is 19.1. The number of pyridine rings is 1. The second-order valence-corrected chi connectivity index (χ2v) is 7.49. The van der Waals surface area contributed by atoms with Gasteiger partial charge in [-0.3, -0.25) is 14.7 Å². The van der Waals surface area contributed by atoms with Crippen molar-refractivity contribution < 1.29 is 9.53 Å². The van der Waals surface area contributed by atoms with Crippen molar-refractivity contribution in [2.45, 2.75) is 40.0 Å². The summed E-state index contributed by atoms with van der Waals surface area (Å²) in [6, 6.07) is 19.5. The van der Waals surface area contributed by atoms with Crippen LogP contribution in [-0.2, 0) is 13.2 Å². The number of nitrogens with zero attached hydrogens (tertiary/aromatic N) is 2. The van der Waals surface area contributed by atoms with E-state index in [1.807, 2.05) is 60.7 Å². The summed E-state index contributed by atoms with van der Waals surface area (Å²) < 4.78 is 5.81. The van der Waals surface area contributed by atoms with Crippen LogP contribution in [0.2, 0.25) is 0 Å². The highest BCUT2D eigenvalue weighted by molar-refractivity contribution is 6.04. The molecule has 1 aromatic heterocycles. The Morgan fingerprint density at radius 3 is 2.53 bits per heavy atom. The zero-order valence-electron chi connectivity index (χ0n) is 17.8. The molecule has 3 aromatic rings. The molecule has 1 heterocycles. The van der Waals surface area contributed by atoms with Crippen LogP contribution in [0.1, 0.15) is 42.3 Å². The van der Waals surface area contributed by atoms with Crippen molar-refractivity contribution in [2.75, 3.05) is 11.9 Å². The molecule has 30 heavy (non-hydrogen) atoms. The van der Waals surface area contributed by atoms with Gasteiger partial charge in [0.1, 0.15) is 12.4 Å². The van der Waals surface area contributed by atoms with Gasteiger partial charge >= 0.3 is 0 Å². The summed E-state index contributed by atoms with van der Waals surface area (Å²) in [7, 11) is 0. The van der Waals surface area contributed by atoms with Crippen LogP contribution in [0.5, 0.6) is 5.75 Å². The molecule has 5 heteroatoms. The molecule has 0 fully saturated rings. The van der Waals surface area contributed by atoms with E-state index in [0.717, 1.165) is 18.7 Å². The van der Waals surface area contributed by atoms with Crippen molar-refractivity contribution in [3.63, 3.8) is 0 Å². The predicted octanol–water partition coefficient (Wildman–Crippen LogP) is 5.14. The van der Waals surface area contributed by atoms with Crippen LogP contribution in [0.3, 0.4) is 0 Å². The quantitative estimate of drug-likeness (QED) is 0.537. The fourth-order valence-electron chi connectivity index (χ4n) is 3.17. The lowest BCUT2D eigenvalue weighted by molar-refractivity contribution is 0.102. The van der Waals surface area contributed by atoms with Gasteiger partial charge in [0.25, 0.3) is 5.91 Å². The smallest absolute Gasteiger partial charge is 0.255 e. The number of ether oxygens (including phenoxy) is 1. The molecule has 156 valence electrons. The first-order valence-corrected chi connectivity index (χ1v) is 10.3. The largest absolute Gasteiger partial charge is 0.489 e. The van der Waals surface area contributed by atoms with E-state index in [-0.39, 0.29) is 5.91 Å². The lowest BCUT2D eigenvalue weighted by Crippen LogP contribution is -2.29. The number of carbonyl (C=O) groups excluding carboxylic acids is 1. The summed E-state index contributed by atoms with van der Waals surface area (Å²) in [5.41, 5.74) is 3.52. The van der Waals surface area contributed by atoms with Gasteiger partial charge in [0, 0.05) is 47.9 Å². The van der Waals surface area contributed by atoms with Gasteiger partial charge in [-0.15, -0.1) is 0 Å². The van der Waals surface area contributed by atoms with Gasteiger partial charge in [-0.05, 0) is 56.3 Å². The summed E-state index contributed by atoms with van der Waals surface area (Å²) in [5, 5.41) is 2.94. The zero-order chi connectivity index (χ0) is 21.3. The Labute approximate surface area is 178 Å². The molecule has 3 rings (SSSR count). The number of carbonyl (C=O) groups is 1. The predicted molar refractivity (Wildman–Crippen MR) is 121 cm³/mol. The summed E-state index contributed by atoms with van der Waals surface area (Å²) >= 11 is 0. The Balaban J connectivity index is 1.59. The highest BCUT2D eigenvalue weighted by Gasteiger charge is 2.10. The normalized spacial score (nSPS) is 11.0. The molecule has 1 N–H and O–H groups in total. The monoisotopic (exact) mass is 403 g/mol. The molecule has 0 aliphatic rings. The molecular formula is C25H29N3O2. The average Bonchev–Trinajstić information content (AvgIpc) is 2.77. The summed E-state index contributed by atoms with van der Waals surface area (Å²) in [6.45, 7) is 8.86. The fraction of sp³-hybridized carbons (Fsp3) is 0.280. The van der Waals surface area contributed by atoms with Crippen LogP contribution in [0.25, 0.3) is 0 Å². The van der Waals surface area contributed by atoms with E-state index in [4.69, 9.17) is 4.74 Å². The van der Waals surface area contributed by atoms with Crippen molar-refractivity contribution in [3.05, 3.63) is 89.7 Å². The van der Waals surface area contributed by atoms with E-state index in [1.165, 1.54) is 5.56 Å². The molecule has 1 amide bonds. The topological polar surface area (TPSA) is 54.5 Å². The number of aromatic nitrogens is 1. The van der Waals surface area contributed by atoms with E-state index < -0.39 is 0 Å². The second kappa shape index (κ2) is 10.6. The Hall–Kier alpha value is -3.18. The van der Waals surface area contributed by atoms with Crippen LogP contribution >= 0.6 is 0 Å². The van der Waals surface area contributed by atoms with E-state index in [2.05, 4.69) is 36.0 Å². The number of nitrogens with one attached hydrogen (secondary N) is 1. The second-order valence-electron chi connectivity index (χ2n) is 7.49. The number of hydrogen-bond donors (Lipinski definition) is 1. The molecule has 0 unspecified atom stereocenters. The van der Waals surface area contributed by atoms with E-state index in [1.54, 1.807) is 12.4 Å². The van der Waals surface area contributed by atoms with Crippen molar-refractivity contribution in [1.82, 2.24) is 9.88 Å². The molecule has 2 aromatic carbocycles. The maximum atomic E-state index is 12.6. The fourth-order valence-corrected chi connectivity index (χ4v) is 3.17. The molecule has 0 radical (unpaired) electrons. The first-order chi connectivity index (χ1) is 14.5. The number of amides is 1. The van der Waals surface area contributed by atoms with Crippen LogP contribution in [-0.4, -0.2) is 28.4 Å². The standard InChI is InChI=1S/C25H29N3O2/c1-4-28(19(2)3)17-20-10-12-22(13-11-20)25(29)27-23-8-5-9-24(15-23)30-18-21-7-6-14-26-16-21/h5-16,19H,4,17-18H2,1-3H3,(H,27,29). The van der Waals surface area contributed by atoms with Gasteiger partial charge in [0.15, 0.2) is 0 Å². The Bertz CT molecular complexity index is 940. The molecular weight excluding hydrogens is 374 g/mol. The molecule has 0 saturated carbocycles. The van der Waals surface area contributed by atoms with Gasteiger partial charge in [0.2, 0.25) is 0 Å². The molecule has 0 bridgehead atoms. The molecule has 0 saturated heterocycles. The van der Waals surface area contributed by atoms with Gasteiger partial charge < -0.3 is 10.1 Å². The maximum Gasteiger partial charge on any atom is 0.255 e. The van der Waals surface area contributed by atoms with Crippen molar-refractivity contribution in [1.29, 1.82) is 0 Å². The number of hydrogen-bond acceptors (Lipinski definition) is 4. The van der Waals surface area contributed by atoms with E-state index in [9.17, 15) is 4.79 Å². The van der Waals surface area contributed by atoms with Gasteiger partial charge in [0.05, 0.1) is 0 Å². The van der Waals surface area contributed by atoms with Gasteiger partial charge in [-0.25, -0.2) is 0 Å². The minimum Gasteiger partial charge on any atom is -0.489 e. The Morgan fingerprint density at radius 1 is 1.07 bits per heavy atom. The van der Waals surface area contributed by atoms with Crippen LogP contribution in [0.15, 0.2) is 73.1 Å². The van der Waals surface area contributed by atoms with Gasteiger partial charge in [-0.2, -0.15) is 0 Å². The molecule has 0 aliphatic heterocycles. The minimum absolute atomic E-state index is 0.137. The number of rotatable bonds is 9. The van der Waals surface area contributed by atoms with Crippen LogP contribution < -0.4 is 10.1 Å². The Morgan fingerprint density at radius 2 is 1.87 bits per heavy atom. The highest BCUT2D eigenvalue weighted by atomic mass is 16.5. The molecule has 0 aliphatic carbocycles. The number of anilines is 1. The minimum atomic E-state index is -0.137. The van der Waals surface area contributed by atoms with Crippen molar-refractivity contribution >= 4 is 11.6 Å². The first kappa shape index (κ1) is 21.5.